The molecule has 1 aromatic carbocycles. The third-order valence-corrected chi connectivity index (χ3v) is 2.50. The predicted octanol–water partition coefficient (Wildman–Crippen LogP) is -0.409. The Hall–Kier alpha value is -2.41. The Kier molecular flexibility index (Phi) is 3.24. The fourth-order valence-electron chi connectivity index (χ4n) is 1.50. The zero-order valence-electron chi connectivity index (χ0n) is 9.38. The lowest BCUT2D eigenvalue weighted by atomic mass is 10.2. The molecular weight excluding hydrogens is 236 g/mol. The zero-order valence-corrected chi connectivity index (χ0v) is 9.38. The van der Waals surface area contributed by atoms with Crippen LogP contribution in [-0.2, 0) is 16.1 Å². The maximum absolute atomic E-state index is 11.3. The van der Waals surface area contributed by atoms with E-state index in [0.717, 1.165) is 16.6 Å². The van der Waals surface area contributed by atoms with Gasteiger partial charge in [-0.15, -0.1) is 0 Å². The molecule has 7 nitrogen and oxygen atoms in total. The molecule has 2 aromatic rings. The van der Waals surface area contributed by atoms with Crippen molar-refractivity contribution in [1.82, 2.24) is 15.3 Å². The molecule has 0 aliphatic carbocycles. The molecule has 1 aromatic heterocycles. The SMILES string of the molecule is NC(C(=O)O)C(=O)NCc1ccc2nc[nH]c2c1. The molecule has 94 valence electrons. The van der Waals surface area contributed by atoms with Gasteiger partial charge in [-0.25, -0.2) is 9.78 Å². The summed E-state index contributed by atoms with van der Waals surface area (Å²) in [5, 5.41) is 11.0. The molecule has 0 spiro atoms. The second kappa shape index (κ2) is 4.84. The first kappa shape index (κ1) is 12.1. The molecule has 0 aliphatic heterocycles. The van der Waals surface area contributed by atoms with Crippen molar-refractivity contribution in [3.8, 4) is 0 Å². The van der Waals surface area contributed by atoms with E-state index in [1.807, 2.05) is 12.1 Å². The van der Waals surface area contributed by atoms with Gasteiger partial charge in [-0.3, -0.25) is 4.79 Å². The van der Waals surface area contributed by atoms with E-state index in [4.69, 9.17) is 10.8 Å². The van der Waals surface area contributed by atoms with Crippen molar-refractivity contribution in [3.63, 3.8) is 0 Å². The van der Waals surface area contributed by atoms with Gasteiger partial charge in [-0.2, -0.15) is 0 Å². The number of carboxylic acid groups (broad SMARTS) is 1. The first-order chi connectivity index (χ1) is 8.58. The number of aromatic nitrogens is 2. The first-order valence-corrected chi connectivity index (χ1v) is 5.26. The number of hydrogen-bond donors (Lipinski definition) is 4. The van der Waals surface area contributed by atoms with Gasteiger partial charge in [0.1, 0.15) is 0 Å². The summed E-state index contributed by atoms with van der Waals surface area (Å²) < 4.78 is 0. The van der Waals surface area contributed by atoms with Crippen molar-refractivity contribution in [3.05, 3.63) is 30.1 Å². The number of nitrogens with zero attached hydrogens (tertiary/aromatic N) is 1. The average molecular weight is 248 g/mol. The lowest BCUT2D eigenvalue weighted by Crippen LogP contribution is -2.45. The molecule has 1 amide bonds. The van der Waals surface area contributed by atoms with E-state index in [2.05, 4.69) is 15.3 Å². The van der Waals surface area contributed by atoms with Gasteiger partial charge in [0.2, 0.25) is 5.91 Å². The van der Waals surface area contributed by atoms with Crippen molar-refractivity contribution in [2.24, 2.45) is 5.73 Å². The molecule has 0 fully saturated rings. The Morgan fingerprint density at radius 3 is 3.00 bits per heavy atom. The summed E-state index contributed by atoms with van der Waals surface area (Å²) in [6.07, 6.45) is 1.58. The summed E-state index contributed by atoms with van der Waals surface area (Å²) in [7, 11) is 0. The molecule has 0 saturated heterocycles. The summed E-state index contributed by atoms with van der Waals surface area (Å²) in [5.41, 5.74) is 7.68. The average Bonchev–Trinajstić information content (AvgIpc) is 2.82. The van der Waals surface area contributed by atoms with Gasteiger partial charge < -0.3 is 21.1 Å². The van der Waals surface area contributed by atoms with Gasteiger partial charge >= 0.3 is 5.97 Å². The minimum absolute atomic E-state index is 0.217. The number of aliphatic carboxylic acids is 1. The first-order valence-electron chi connectivity index (χ1n) is 5.26. The van der Waals surface area contributed by atoms with Crippen LogP contribution in [0.15, 0.2) is 24.5 Å². The van der Waals surface area contributed by atoms with Crippen LogP contribution >= 0.6 is 0 Å². The number of nitrogens with one attached hydrogen (secondary N) is 2. The van der Waals surface area contributed by atoms with Gasteiger partial charge in [0.05, 0.1) is 17.4 Å². The van der Waals surface area contributed by atoms with E-state index in [-0.39, 0.29) is 6.54 Å². The number of H-pyrrole nitrogens is 1. The van der Waals surface area contributed by atoms with Crippen LogP contribution in [-0.4, -0.2) is 33.0 Å². The van der Waals surface area contributed by atoms with Gasteiger partial charge in [0.15, 0.2) is 6.04 Å². The molecule has 18 heavy (non-hydrogen) atoms. The Morgan fingerprint density at radius 2 is 2.28 bits per heavy atom. The molecule has 0 radical (unpaired) electrons. The summed E-state index contributed by atoms with van der Waals surface area (Å²) in [4.78, 5) is 28.8. The monoisotopic (exact) mass is 248 g/mol. The van der Waals surface area contributed by atoms with Crippen LogP contribution in [0.25, 0.3) is 11.0 Å². The minimum Gasteiger partial charge on any atom is -0.480 e. The highest BCUT2D eigenvalue weighted by Gasteiger charge is 2.20. The molecule has 5 N–H and O–H groups in total. The lowest BCUT2D eigenvalue weighted by Gasteiger charge is -2.08. The van der Waals surface area contributed by atoms with Crippen LogP contribution < -0.4 is 11.1 Å². The van der Waals surface area contributed by atoms with Crippen LogP contribution in [0.2, 0.25) is 0 Å². The number of aromatic amines is 1. The zero-order chi connectivity index (χ0) is 13.1. The number of nitrogens with two attached hydrogens (primary N) is 1. The van der Waals surface area contributed by atoms with E-state index in [9.17, 15) is 9.59 Å². The fourth-order valence-corrected chi connectivity index (χ4v) is 1.50. The summed E-state index contributed by atoms with van der Waals surface area (Å²) in [6.45, 7) is 0.217. The van der Waals surface area contributed by atoms with Crippen molar-refractivity contribution >= 4 is 22.9 Å². The number of benzene rings is 1. The summed E-state index contributed by atoms with van der Waals surface area (Å²) in [6, 6.07) is 3.90. The van der Waals surface area contributed by atoms with Crippen LogP contribution in [0, 0.1) is 0 Å². The van der Waals surface area contributed by atoms with Crippen LogP contribution in [0.1, 0.15) is 5.56 Å². The summed E-state index contributed by atoms with van der Waals surface area (Å²) in [5.74, 6) is -2.07. The van der Waals surface area contributed by atoms with E-state index in [0.29, 0.717) is 0 Å². The Labute approximate surface area is 102 Å². The van der Waals surface area contributed by atoms with E-state index in [1.54, 1.807) is 12.4 Å². The standard InChI is InChI=1S/C11H12N4O3/c12-9(11(17)18)10(16)13-4-6-1-2-7-8(3-6)15-5-14-7/h1-3,5,9H,4,12H2,(H,13,16)(H,14,15)(H,17,18). The third-order valence-electron chi connectivity index (χ3n) is 2.50. The number of carbonyl (C=O) groups is 2. The van der Waals surface area contributed by atoms with Gasteiger partial charge in [0.25, 0.3) is 0 Å². The Bertz CT molecular complexity index is 593. The number of carboxylic acids is 1. The van der Waals surface area contributed by atoms with Gasteiger partial charge in [-0.1, -0.05) is 6.07 Å². The number of hydrogen-bond acceptors (Lipinski definition) is 4. The van der Waals surface area contributed by atoms with Crippen LogP contribution in [0.3, 0.4) is 0 Å². The normalized spacial score (nSPS) is 12.3. The van der Waals surface area contributed by atoms with Crippen LogP contribution in [0.5, 0.6) is 0 Å². The quantitative estimate of drug-likeness (QED) is 0.548. The van der Waals surface area contributed by atoms with Crippen molar-refractivity contribution in [1.29, 1.82) is 0 Å². The number of imidazole rings is 1. The number of carbonyl (C=O) groups excluding carboxylic acids is 1. The van der Waals surface area contributed by atoms with E-state index < -0.39 is 17.9 Å². The fraction of sp³-hybridized carbons (Fsp3) is 0.182. The molecule has 2 rings (SSSR count). The minimum atomic E-state index is -1.54. The van der Waals surface area contributed by atoms with E-state index >= 15 is 0 Å². The number of amides is 1. The second-order valence-electron chi connectivity index (χ2n) is 3.79. The van der Waals surface area contributed by atoms with Crippen molar-refractivity contribution in [2.45, 2.75) is 12.6 Å². The lowest BCUT2D eigenvalue weighted by molar-refractivity contribution is -0.142. The van der Waals surface area contributed by atoms with E-state index in [1.165, 1.54) is 0 Å². The Balaban J connectivity index is 2.01. The third kappa shape index (κ3) is 2.46. The topological polar surface area (TPSA) is 121 Å². The smallest absolute Gasteiger partial charge is 0.330 e. The molecular formula is C11H12N4O3. The molecule has 0 aliphatic rings. The molecule has 1 atom stereocenters. The molecule has 7 heteroatoms. The Morgan fingerprint density at radius 1 is 1.50 bits per heavy atom. The molecule has 1 heterocycles. The maximum atomic E-state index is 11.3. The summed E-state index contributed by atoms with van der Waals surface area (Å²) >= 11 is 0. The second-order valence-corrected chi connectivity index (χ2v) is 3.79. The van der Waals surface area contributed by atoms with Crippen molar-refractivity contribution < 1.29 is 14.7 Å². The molecule has 1 unspecified atom stereocenters. The van der Waals surface area contributed by atoms with Gasteiger partial charge in [-0.05, 0) is 17.7 Å². The molecule has 0 bridgehead atoms. The largest absolute Gasteiger partial charge is 0.480 e. The van der Waals surface area contributed by atoms with Crippen molar-refractivity contribution in [2.75, 3.05) is 0 Å². The molecule has 0 saturated carbocycles. The predicted molar refractivity (Wildman–Crippen MR) is 63.6 cm³/mol. The highest BCUT2D eigenvalue weighted by molar-refractivity contribution is 6.00. The highest BCUT2D eigenvalue weighted by atomic mass is 16.4. The van der Waals surface area contributed by atoms with Crippen LogP contribution in [0.4, 0.5) is 0 Å². The number of fused-ring (bicyclic) bond motifs is 1. The highest BCUT2D eigenvalue weighted by Crippen LogP contribution is 2.11. The number of rotatable bonds is 4. The van der Waals surface area contributed by atoms with Gasteiger partial charge in [0, 0.05) is 6.54 Å². The maximum Gasteiger partial charge on any atom is 0.330 e.